The molecule has 7 fully saturated rings. The van der Waals surface area contributed by atoms with Crippen LogP contribution in [0.3, 0.4) is 0 Å². The molecular formula is C56H61F2N11O4. The predicted molar refractivity (Wildman–Crippen MR) is 274 cm³/mol. The van der Waals surface area contributed by atoms with Crippen molar-refractivity contribution in [3.63, 3.8) is 0 Å². The number of rotatable bonds is 11. The summed E-state index contributed by atoms with van der Waals surface area (Å²) >= 11 is 0. The van der Waals surface area contributed by atoms with Crippen molar-refractivity contribution in [3.8, 4) is 29.6 Å². The van der Waals surface area contributed by atoms with Crippen LogP contribution in [0, 0.1) is 40.7 Å². The van der Waals surface area contributed by atoms with Gasteiger partial charge in [0.25, 0.3) is 5.91 Å². The van der Waals surface area contributed by atoms with Gasteiger partial charge in [0.2, 0.25) is 11.8 Å². The number of nitrogens with two attached hydrogens (primary N) is 1. The predicted octanol–water partition coefficient (Wildman–Crippen LogP) is 5.86. The fraction of sp³-hybridized carbons (Fsp3) is 0.500. The number of halogens is 2. The molecule has 15 nitrogen and oxygen atoms in total. The van der Waals surface area contributed by atoms with Gasteiger partial charge in [-0.3, -0.25) is 29.6 Å². The van der Waals surface area contributed by atoms with Crippen molar-refractivity contribution in [2.24, 2.45) is 16.7 Å². The summed E-state index contributed by atoms with van der Waals surface area (Å²) in [6.07, 6.45) is 17.3. The first-order valence-corrected chi connectivity index (χ1v) is 26.4. The van der Waals surface area contributed by atoms with Crippen molar-refractivity contribution in [1.29, 1.82) is 0 Å². The molecule has 3 amide bonds. The summed E-state index contributed by atoms with van der Waals surface area (Å²) in [6.45, 7) is 10.4. The smallest absolute Gasteiger partial charge is 0.319 e. The number of fused-ring (bicyclic) bond motifs is 5. The van der Waals surface area contributed by atoms with E-state index in [0.717, 1.165) is 108 Å². The minimum absolute atomic E-state index is 0.00703. The maximum absolute atomic E-state index is 17.2. The van der Waals surface area contributed by atoms with E-state index in [1.165, 1.54) is 31.7 Å². The summed E-state index contributed by atoms with van der Waals surface area (Å²) in [4.78, 5) is 63.4. The van der Waals surface area contributed by atoms with Crippen LogP contribution in [0.15, 0.2) is 48.7 Å². The summed E-state index contributed by atoms with van der Waals surface area (Å²) in [7, 11) is 0. The molecule has 2 aliphatic carbocycles. The van der Waals surface area contributed by atoms with Crippen molar-refractivity contribution in [2.45, 2.75) is 88.9 Å². The van der Waals surface area contributed by atoms with E-state index >= 15 is 8.78 Å². The highest BCUT2D eigenvalue weighted by Crippen LogP contribution is 2.54. The Bertz CT molecular complexity index is 3120. The van der Waals surface area contributed by atoms with Crippen LogP contribution < -0.4 is 30.9 Å². The number of imide groups is 1. The summed E-state index contributed by atoms with van der Waals surface area (Å²) in [5, 5.41) is 7.52. The van der Waals surface area contributed by atoms with Crippen LogP contribution in [0.5, 0.6) is 6.01 Å². The number of amides is 3. The van der Waals surface area contributed by atoms with Gasteiger partial charge in [-0.25, -0.2) is 8.78 Å². The number of hydrogen-bond acceptors (Lipinski definition) is 13. The molecule has 1 spiro atoms. The lowest BCUT2D eigenvalue weighted by Crippen LogP contribution is -2.53. The minimum atomic E-state index is -0.664. The maximum Gasteiger partial charge on any atom is 0.319 e. The molecule has 5 saturated heterocycles. The average molecular weight is 990 g/mol. The minimum Gasteiger partial charge on any atom is -0.463 e. The fourth-order valence-electron chi connectivity index (χ4n) is 13.7. The number of benzene rings is 3. The Morgan fingerprint density at radius 1 is 0.863 bits per heavy atom. The van der Waals surface area contributed by atoms with Crippen molar-refractivity contribution >= 4 is 56.6 Å². The number of carbonyl (C=O) groups is 3. The molecule has 8 heterocycles. The summed E-state index contributed by atoms with van der Waals surface area (Å²) in [6, 6.07) is 12.4. The molecule has 5 aromatic rings. The second-order valence-electron chi connectivity index (χ2n) is 22.7. The third-order valence-electron chi connectivity index (χ3n) is 17.8. The first kappa shape index (κ1) is 46.3. The van der Waals surface area contributed by atoms with Crippen molar-refractivity contribution in [3.05, 3.63) is 77.0 Å². The second-order valence-corrected chi connectivity index (χ2v) is 22.7. The molecule has 3 atom stereocenters. The van der Waals surface area contributed by atoms with Gasteiger partial charge in [0.05, 0.1) is 17.6 Å². The number of piperazine rings is 2. The highest BCUT2D eigenvalue weighted by Gasteiger charge is 2.50. The van der Waals surface area contributed by atoms with Crippen LogP contribution in [0.4, 0.5) is 26.0 Å². The largest absolute Gasteiger partial charge is 0.463 e. The Labute approximate surface area is 423 Å². The van der Waals surface area contributed by atoms with Gasteiger partial charge in [-0.1, -0.05) is 12.0 Å². The third-order valence-corrected chi connectivity index (χ3v) is 17.8. The number of nitrogen functional groups attached to an aromatic ring is 1. The van der Waals surface area contributed by atoms with Gasteiger partial charge in [-0.05, 0) is 130 Å². The van der Waals surface area contributed by atoms with Crippen LogP contribution in [0.2, 0.25) is 0 Å². The Kier molecular flexibility index (Phi) is 11.3. The number of hydrogen-bond donors (Lipinski definition) is 3. The first-order chi connectivity index (χ1) is 35.4. The summed E-state index contributed by atoms with van der Waals surface area (Å²) in [5.74, 6) is 1.75. The number of nitrogens with zero attached hydrogens (tertiary/aromatic N) is 8. The molecule has 13 rings (SSSR count). The molecule has 2 bridgehead atoms. The topological polar surface area (TPSA) is 165 Å². The Hall–Kier alpha value is -6.48. The molecule has 2 aromatic heterocycles. The van der Waals surface area contributed by atoms with Crippen LogP contribution in [-0.4, -0.2) is 138 Å². The van der Waals surface area contributed by atoms with Gasteiger partial charge >= 0.3 is 6.01 Å². The number of terminal acetylenes is 1. The average Bonchev–Trinajstić information content (AvgIpc) is 3.96. The van der Waals surface area contributed by atoms with E-state index in [2.05, 4.69) is 47.2 Å². The van der Waals surface area contributed by atoms with Crippen LogP contribution in [0.1, 0.15) is 85.7 Å². The number of ether oxygens (including phenoxy) is 1. The number of likely N-dealkylation sites (tertiary alicyclic amines) is 1. The highest BCUT2D eigenvalue weighted by atomic mass is 19.1. The standard InChI is InChI=1S/C56H61F2N11O4/c1-2-40-44(57)8-3-34-21-36(59)23-42(47(34)40)49-48(58)50-43(26-60-49)51(68-29-37-4-5-38(30-68)61-37)64-54(63-50)73-32-56(11-12-56)31-66-15-13-55(14-16-66)24-33(25-55)27-65-17-19-67(20-18-65)39-6-7-41-35(22-39)28-69(53(41)72)45-9-10-46(70)62-52(45)71/h1,3,6-8,21-23,26,33,37-38,45,61H,4-5,9-20,24-25,27-32,59H2,(H,62,70,71)/t37?,38?,45-/m0/s1. The SMILES string of the molecule is C#Cc1c(F)ccc2cc(N)cc(-c3ncc4c(N5CC6CCC(C5)N6)nc(OCC5(CN6CCC7(CC6)CC(CN6CCN(c8ccc9c(c8)CN([C@H]8CCC(=O)NC8=O)C9=O)CC6)C7)CC5)nc4c3F)c12. The summed E-state index contributed by atoms with van der Waals surface area (Å²) < 4.78 is 38.8. The molecule has 17 heteroatoms. The van der Waals surface area contributed by atoms with Gasteiger partial charge in [-0.2, -0.15) is 9.97 Å². The van der Waals surface area contributed by atoms with Gasteiger partial charge in [0, 0.05) is 117 Å². The lowest BCUT2D eigenvalue weighted by Gasteiger charge is -2.54. The van der Waals surface area contributed by atoms with E-state index in [9.17, 15) is 14.4 Å². The number of carbonyl (C=O) groups excluding carboxylic acids is 3. The zero-order chi connectivity index (χ0) is 49.8. The molecule has 2 saturated carbocycles. The van der Waals surface area contributed by atoms with E-state index in [1.807, 2.05) is 12.1 Å². The van der Waals surface area contributed by atoms with Gasteiger partial charge in [-0.15, -0.1) is 6.42 Å². The van der Waals surface area contributed by atoms with Crippen LogP contribution in [-0.2, 0) is 16.1 Å². The van der Waals surface area contributed by atoms with E-state index in [1.54, 1.807) is 29.3 Å². The Morgan fingerprint density at radius 2 is 1.64 bits per heavy atom. The van der Waals surface area contributed by atoms with Crippen molar-refractivity contribution in [1.82, 2.24) is 40.3 Å². The van der Waals surface area contributed by atoms with E-state index < -0.39 is 17.7 Å². The lowest BCUT2D eigenvalue weighted by atomic mass is 9.57. The van der Waals surface area contributed by atoms with Gasteiger partial charge in [0.1, 0.15) is 28.9 Å². The molecule has 73 heavy (non-hydrogen) atoms. The normalized spacial score (nSPS) is 24.8. The van der Waals surface area contributed by atoms with E-state index in [4.69, 9.17) is 26.9 Å². The first-order valence-electron chi connectivity index (χ1n) is 26.4. The highest BCUT2D eigenvalue weighted by molar-refractivity contribution is 6.06. The van der Waals surface area contributed by atoms with Crippen LogP contribution >= 0.6 is 0 Å². The third kappa shape index (κ3) is 8.48. The summed E-state index contributed by atoms with van der Waals surface area (Å²) in [5.41, 5.74) is 10.2. The molecule has 8 aliphatic rings. The molecule has 2 unspecified atom stereocenters. The number of pyridine rings is 1. The molecular weight excluding hydrogens is 929 g/mol. The number of aromatic nitrogens is 3. The number of anilines is 3. The van der Waals surface area contributed by atoms with E-state index in [0.29, 0.717) is 75.9 Å². The Morgan fingerprint density at radius 3 is 2.38 bits per heavy atom. The lowest BCUT2D eigenvalue weighted by molar-refractivity contribution is -0.136. The Balaban J connectivity index is 0.627. The monoisotopic (exact) mass is 989 g/mol. The maximum atomic E-state index is 17.2. The molecule has 4 N–H and O–H groups in total. The van der Waals surface area contributed by atoms with Gasteiger partial charge in [0.15, 0.2) is 5.82 Å². The molecule has 0 radical (unpaired) electrons. The molecule has 6 aliphatic heterocycles. The number of nitrogens with one attached hydrogen (secondary N) is 2. The molecule has 378 valence electrons. The second kappa shape index (κ2) is 17.9. The van der Waals surface area contributed by atoms with Gasteiger partial charge < -0.3 is 35.4 Å². The van der Waals surface area contributed by atoms with Crippen molar-refractivity contribution in [2.75, 3.05) is 87.6 Å². The molecule has 3 aromatic carbocycles. The fourth-order valence-corrected chi connectivity index (χ4v) is 13.7. The quantitative estimate of drug-likeness (QED) is 0.0820. The van der Waals surface area contributed by atoms with E-state index in [-0.39, 0.29) is 52.3 Å². The zero-order valence-corrected chi connectivity index (χ0v) is 41.1. The van der Waals surface area contributed by atoms with Crippen LogP contribution in [0.25, 0.3) is 32.9 Å². The zero-order valence-electron chi connectivity index (χ0n) is 41.1. The van der Waals surface area contributed by atoms with Crippen molar-refractivity contribution < 1.29 is 27.9 Å². The number of piperidine rings is 2.